The Balaban J connectivity index is 3.41. The molecule has 0 bridgehead atoms. The van der Waals surface area contributed by atoms with Crippen LogP contribution in [0, 0.1) is 0 Å². The van der Waals surface area contributed by atoms with Crippen LogP contribution in [0.4, 0.5) is 0 Å². The van der Waals surface area contributed by atoms with Crippen LogP contribution in [-0.2, 0) is 13.9 Å². The van der Waals surface area contributed by atoms with Gasteiger partial charge in [-0.25, -0.2) is 0 Å². The Labute approximate surface area is 114 Å². The van der Waals surface area contributed by atoms with Gasteiger partial charge in [-0.1, -0.05) is 33.6 Å². The van der Waals surface area contributed by atoms with Gasteiger partial charge in [-0.2, -0.15) is 0 Å². The molecule has 3 nitrogen and oxygen atoms in total. The van der Waals surface area contributed by atoms with Gasteiger partial charge in [0.05, 0.1) is 0 Å². The first-order valence-electron chi connectivity index (χ1n) is 7.02. The number of hydrogen-bond donors (Lipinski definition) is 0. The third-order valence-corrected chi connectivity index (χ3v) is 8.19. The van der Waals surface area contributed by atoms with Crippen LogP contribution in [0.3, 0.4) is 0 Å². The van der Waals surface area contributed by atoms with Gasteiger partial charge in [-0.05, 0) is 31.0 Å². The lowest BCUT2D eigenvalue weighted by molar-refractivity contribution is -0.0316. The SMILES string of the molecule is COCOCCCCCCO[Si](C)(C)C(C)(C)C. The van der Waals surface area contributed by atoms with Crippen LogP contribution in [0.2, 0.25) is 18.1 Å². The lowest BCUT2D eigenvalue weighted by atomic mass is 10.2. The molecule has 0 aromatic rings. The molecule has 0 aliphatic rings. The van der Waals surface area contributed by atoms with Crippen molar-refractivity contribution in [3.63, 3.8) is 0 Å². The molecule has 0 spiro atoms. The quantitative estimate of drug-likeness (QED) is 0.340. The second-order valence-corrected chi connectivity index (χ2v) is 11.1. The van der Waals surface area contributed by atoms with Crippen LogP contribution < -0.4 is 0 Å². The summed E-state index contributed by atoms with van der Waals surface area (Å²) in [6.45, 7) is 13.6. The van der Waals surface area contributed by atoms with E-state index in [4.69, 9.17) is 13.9 Å². The van der Waals surface area contributed by atoms with Gasteiger partial charge in [0.2, 0.25) is 0 Å². The Bertz CT molecular complexity index is 200. The number of unbranched alkanes of at least 4 members (excludes halogenated alkanes) is 3. The molecule has 0 saturated carbocycles. The van der Waals surface area contributed by atoms with Crippen molar-refractivity contribution in [1.29, 1.82) is 0 Å². The summed E-state index contributed by atoms with van der Waals surface area (Å²) < 4.78 is 16.2. The number of ether oxygens (including phenoxy) is 2. The average molecular weight is 276 g/mol. The first-order chi connectivity index (χ1) is 8.31. The number of rotatable bonds is 10. The zero-order valence-corrected chi connectivity index (χ0v) is 14.2. The van der Waals surface area contributed by atoms with Gasteiger partial charge in [0.15, 0.2) is 8.32 Å². The van der Waals surface area contributed by atoms with Gasteiger partial charge < -0.3 is 13.9 Å². The van der Waals surface area contributed by atoms with Crippen LogP contribution in [0.15, 0.2) is 0 Å². The number of methoxy groups -OCH3 is 1. The minimum atomic E-state index is -1.53. The maximum absolute atomic E-state index is 6.13. The fraction of sp³-hybridized carbons (Fsp3) is 1.00. The summed E-state index contributed by atoms with van der Waals surface area (Å²) in [4.78, 5) is 0. The molecule has 0 aliphatic heterocycles. The van der Waals surface area contributed by atoms with Crippen molar-refractivity contribution < 1.29 is 13.9 Å². The van der Waals surface area contributed by atoms with Gasteiger partial charge in [0.1, 0.15) is 6.79 Å². The standard InChI is InChI=1S/C14H32O3Si/c1-14(2,3)18(5,6)17-12-10-8-7-9-11-16-13-15-4/h7-13H2,1-6H3. The molecule has 0 aromatic heterocycles. The van der Waals surface area contributed by atoms with E-state index in [0.29, 0.717) is 11.8 Å². The Hall–Kier alpha value is 0.0969. The first kappa shape index (κ1) is 18.1. The molecule has 0 saturated heterocycles. The van der Waals surface area contributed by atoms with E-state index in [0.717, 1.165) is 26.1 Å². The highest BCUT2D eigenvalue weighted by Gasteiger charge is 2.36. The van der Waals surface area contributed by atoms with Crippen molar-refractivity contribution in [2.24, 2.45) is 0 Å². The predicted molar refractivity (Wildman–Crippen MR) is 79.4 cm³/mol. The molecule has 0 atom stereocenters. The van der Waals surface area contributed by atoms with Crippen molar-refractivity contribution in [2.45, 2.75) is 64.6 Å². The van der Waals surface area contributed by atoms with Crippen molar-refractivity contribution >= 4 is 8.32 Å². The Morgan fingerprint density at radius 3 is 1.94 bits per heavy atom. The third kappa shape index (κ3) is 8.24. The summed E-state index contributed by atoms with van der Waals surface area (Å²) >= 11 is 0. The largest absolute Gasteiger partial charge is 0.417 e. The van der Waals surface area contributed by atoms with Crippen molar-refractivity contribution in [2.75, 3.05) is 27.1 Å². The molecule has 0 amide bonds. The van der Waals surface area contributed by atoms with Gasteiger partial charge >= 0.3 is 0 Å². The van der Waals surface area contributed by atoms with E-state index >= 15 is 0 Å². The van der Waals surface area contributed by atoms with Crippen molar-refractivity contribution in [3.8, 4) is 0 Å². The smallest absolute Gasteiger partial charge is 0.191 e. The summed E-state index contributed by atoms with van der Waals surface area (Å²) in [5.41, 5.74) is 0. The average Bonchev–Trinajstić information content (AvgIpc) is 2.25. The predicted octanol–water partition coefficient (Wildman–Crippen LogP) is 4.19. The zero-order valence-electron chi connectivity index (χ0n) is 13.2. The molecule has 4 heteroatoms. The minimum Gasteiger partial charge on any atom is -0.417 e. The van der Waals surface area contributed by atoms with E-state index in [1.165, 1.54) is 12.8 Å². The lowest BCUT2D eigenvalue weighted by Gasteiger charge is -2.36. The fourth-order valence-corrected chi connectivity index (χ4v) is 2.43. The molecule has 18 heavy (non-hydrogen) atoms. The van der Waals surface area contributed by atoms with Gasteiger partial charge in [-0.3, -0.25) is 0 Å². The normalized spacial score (nSPS) is 13.0. The highest BCUT2D eigenvalue weighted by molar-refractivity contribution is 6.74. The fourth-order valence-electron chi connectivity index (χ4n) is 1.35. The van der Waals surface area contributed by atoms with Crippen molar-refractivity contribution in [1.82, 2.24) is 0 Å². The van der Waals surface area contributed by atoms with Gasteiger partial charge in [-0.15, -0.1) is 0 Å². The maximum Gasteiger partial charge on any atom is 0.191 e. The molecule has 110 valence electrons. The minimum absolute atomic E-state index is 0.320. The topological polar surface area (TPSA) is 27.7 Å². The molecule has 0 radical (unpaired) electrons. The summed E-state index contributed by atoms with van der Waals surface area (Å²) in [6.07, 6.45) is 4.72. The summed E-state index contributed by atoms with van der Waals surface area (Å²) in [7, 11) is 0.119. The van der Waals surface area contributed by atoms with Crippen LogP contribution in [-0.4, -0.2) is 35.4 Å². The van der Waals surface area contributed by atoms with Gasteiger partial charge in [0.25, 0.3) is 0 Å². The first-order valence-corrected chi connectivity index (χ1v) is 9.93. The summed E-state index contributed by atoms with van der Waals surface area (Å²) in [6, 6.07) is 0. The molecule has 0 N–H and O–H groups in total. The molecule has 0 aliphatic carbocycles. The molecule has 0 aromatic carbocycles. The summed E-state index contributed by atoms with van der Waals surface area (Å²) in [5, 5.41) is 0.320. The molecular formula is C14H32O3Si. The highest BCUT2D eigenvalue weighted by atomic mass is 28.4. The van der Waals surface area contributed by atoms with E-state index in [9.17, 15) is 0 Å². The Kier molecular flexibility index (Phi) is 9.12. The lowest BCUT2D eigenvalue weighted by Crippen LogP contribution is -2.40. The zero-order chi connectivity index (χ0) is 14.1. The Morgan fingerprint density at radius 1 is 0.889 bits per heavy atom. The maximum atomic E-state index is 6.13. The van der Waals surface area contributed by atoms with Crippen LogP contribution >= 0.6 is 0 Å². The third-order valence-electron chi connectivity index (χ3n) is 3.65. The molecule has 0 fully saturated rings. The molecule has 0 heterocycles. The second kappa shape index (κ2) is 9.07. The molecular weight excluding hydrogens is 244 g/mol. The molecule has 0 rings (SSSR count). The second-order valence-electron chi connectivity index (χ2n) is 6.34. The highest BCUT2D eigenvalue weighted by Crippen LogP contribution is 2.36. The van der Waals surface area contributed by atoms with E-state index < -0.39 is 8.32 Å². The van der Waals surface area contributed by atoms with E-state index in [-0.39, 0.29) is 0 Å². The van der Waals surface area contributed by atoms with Crippen LogP contribution in [0.5, 0.6) is 0 Å². The van der Waals surface area contributed by atoms with E-state index in [2.05, 4.69) is 33.9 Å². The Morgan fingerprint density at radius 2 is 1.44 bits per heavy atom. The van der Waals surface area contributed by atoms with Gasteiger partial charge in [0, 0.05) is 20.3 Å². The monoisotopic (exact) mass is 276 g/mol. The van der Waals surface area contributed by atoms with Crippen molar-refractivity contribution in [3.05, 3.63) is 0 Å². The van der Waals surface area contributed by atoms with Crippen LogP contribution in [0.25, 0.3) is 0 Å². The van der Waals surface area contributed by atoms with E-state index in [1.54, 1.807) is 7.11 Å². The van der Waals surface area contributed by atoms with E-state index in [1.807, 2.05) is 0 Å². The van der Waals surface area contributed by atoms with Crippen LogP contribution in [0.1, 0.15) is 46.5 Å². The molecule has 0 unspecified atom stereocenters. The number of hydrogen-bond acceptors (Lipinski definition) is 3. The summed E-state index contributed by atoms with van der Waals surface area (Å²) in [5.74, 6) is 0.